The number of nitrogens with one attached hydrogen (secondary N) is 3. The minimum absolute atomic E-state index is 0.0745. The van der Waals surface area contributed by atoms with E-state index in [1.54, 1.807) is 18.2 Å². The van der Waals surface area contributed by atoms with Crippen LogP contribution in [0.5, 0.6) is 0 Å². The van der Waals surface area contributed by atoms with Gasteiger partial charge in [0.15, 0.2) is 5.11 Å². The molecule has 2 aromatic rings. The van der Waals surface area contributed by atoms with Crippen molar-refractivity contribution in [2.45, 2.75) is 0 Å². The van der Waals surface area contributed by atoms with Crippen LogP contribution in [0.4, 0.5) is 21.5 Å². The largest absolute Gasteiger partial charge is 0.331 e. The fraction of sp³-hybridized carbons (Fsp3) is 0. The third kappa shape index (κ3) is 4.11. The zero-order chi connectivity index (χ0) is 15.2. The van der Waals surface area contributed by atoms with Crippen LogP contribution in [0.15, 0.2) is 48.5 Å². The second-order valence-corrected chi connectivity index (χ2v) is 4.39. The van der Waals surface area contributed by atoms with Crippen LogP contribution in [0, 0.1) is 15.9 Å². The van der Waals surface area contributed by atoms with E-state index in [0.717, 1.165) is 0 Å². The molecule has 0 saturated carbocycles. The van der Waals surface area contributed by atoms with Gasteiger partial charge in [-0.2, -0.15) is 0 Å². The van der Waals surface area contributed by atoms with E-state index in [0.29, 0.717) is 5.69 Å². The molecular formula is C13H11FN4O2S. The molecule has 2 rings (SSSR count). The first-order chi connectivity index (χ1) is 10.1. The van der Waals surface area contributed by atoms with Gasteiger partial charge >= 0.3 is 0 Å². The number of para-hydroxylation sites is 2. The minimum Gasteiger partial charge on any atom is -0.331 e. The Morgan fingerprint density at radius 2 is 1.81 bits per heavy atom. The minimum atomic E-state index is -0.500. The quantitative estimate of drug-likeness (QED) is 0.458. The lowest BCUT2D eigenvalue weighted by Gasteiger charge is -2.12. The number of rotatable bonds is 4. The van der Waals surface area contributed by atoms with Gasteiger partial charge in [0, 0.05) is 11.8 Å². The normalized spacial score (nSPS) is 9.76. The van der Waals surface area contributed by atoms with Gasteiger partial charge in [0.25, 0.3) is 5.69 Å². The highest BCUT2D eigenvalue weighted by molar-refractivity contribution is 7.80. The molecule has 0 aromatic heterocycles. The number of hydrazine groups is 1. The summed E-state index contributed by atoms with van der Waals surface area (Å²) in [6.45, 7) is 0. The molecule has 6 nitrogen and oxygen atoms in total. The van der Waals surface area contributed by atoms with Gasteiger partial charge < -0.3 is 5.32 Å². The van der Waals surface area contributed by atoms with Crippen LogP contribution in [-0.2, 0) is 0 Å². The molecular weight excluding hydrogens is 295 g/mol. The van der Waals surface area contributed by atoms with E-state index in [4.69, 9.17) is 12.2 Å². The average Bonchev–Trinajstić information content (AvgIpc) is 2.48. The molecule has 0 heterocycles. The highest BCUT2D eigenvalue weighted by atomic mass is 32.1. The monoisotopic (exact) mass is 306 g/mol. The molecule has 0 aliphatic rings. The predicted octanol–water partition coefficient (Wildman–Crippen LogP) is 3.05. The third-order valence-electron chi connectivity index (χ3n) is 2.51. The molecule has 108 valence electrons. The van der Waals surface area contributed by atoms with Crippen LogP contribution in [-0.4, -0.2) is 10.0 Å². The molecule has 0 unspecified atom stereocenters. The van der Waals surface area contributed by atoms with E-state index in [-0.39, 0.29) is 22.3 Å². The summed E-state index contributed by atoms with van der Waals surface area (Å²) in [4.78, 5) is 10.3. The topological polar surface area (TPSA) is 79.2 Å². The van der Waals surface area contributed by atoms with Crippen molar-refractivity contribution in [1.29, 1.82) is 0 Å². The van der Waals surface area contributed by atoms with Gasteiger partial charge in [0.1, 0.15) is 11.5 Å². The number of nitro groups is 1. The third-order valence-corrected chi connectivity index (χ3v) is 2.72. The standard InChI is InChI=1S/C13H11FN4O2S/c14-9-5-7-10(8-6-9)15-13(21)17-16-11-3-1-2-4-12(11)18(19)20/h1-8,16H,(H2,15,17,21). The molecule has 8 heteroatoms. The zero-order valence-electron chi connectivity index (χ0n) is 10.7. The Morgan fingerprint density at radius 1 is 1.14 bits per heavy atom. The second kappa shape index (κ2) is 6.62. The summed E-state index contributed by atoms with van der Waals surface area (Å²) in [5.74, 6) is -0.350. The number of benzene rings is 2. The molecule has 0 aliphatic carbocycles. The van der Waals surface area contributed by atoms with Crippen molar-refractivity contribution in [3.05, 3.63) is 64.5 Å². The highest BCUT2D eigenvalue weighted by Gasteiger charge is 2.11. The maximum absolute atomic E-state index is 12.8. The summed E-state index contributed by atoms with van der Waals surface area (Å²) in [5, 5.41) is 13.8. The maximum atomic E-state index is 12.8. The van der Waals surface area contributed by atoms with Crippen LogP contribution in [0.25, 0.3) is 0 Å². The number of hydrogen-bond donors (Lipinski definition) is 3. The zero-order valence-corrected chi connectivity index (χ0v) is 11.5. The lowest BCUT2D eigenvalue weighted by atomic mass is 10.3. The fourth-order valence-corrected chi connectivity index (χ4v) is 1.73. The van der Waals surface area contributed by atoms with Gasteiger partial charge in [-0.3, -0.25) is 21.0 Å². The van der Waals surface area contributed by atoms with Crippen LogP contribution >= 0.6 is 12.2 Å². The molecule has 0 amide bonds. The molecule has 0 atom stereocenters. The molecule has 0 aliphatic heterocycles. The van der Waals surface area contributed by atoms with Crippen molar-refractivity contribution in [2.24, 2.45) is 0 Å². The second-order valence-electron chi connectivity index (χ2n) is 3.99. The van der Waals surface area contributed by atoms with Gasteiger partial charge in [-0.25, -0.2) is 4.39 Å². The lowest BCUT2D eigenvalue weighted by molar-refractivity contribution is -0.384. The van der Waals surface area contributed by atoms with Crippen LogP contribution in [0.1, 0.15) is 0 Å². The first-order valence-electron chi connectivity index (χ1n) is 5.88. The van der Waals surface area contributed by atoms with E-state index < -0.39 is 4.92 Å². The lowest BCUT2D eigenvalue weighted by Crippen LogP contribution is -2.33. The van der Waals surface area contributed by atoms with Crippen molar-refractivity contribution in [3.63, 3.8) is 0 Å². The summed E-state index contributed by atoms with van der Waals surface area (Å²) in [6.07, 6.45) is 0. The first kappa shape index (κ1) is 14.7. The molecule has 0 radical (unpaired) electrons. The summed E-state index contributed by atoms with van der Waals surface area (Å²) >= 11 is 5.03. The van der Waals surface area contributed by atoms with Crippen molar-refractivity contribution in [3.8, 4) is 0 Å². The van der Waals surface area contributed by atoms with Gasteiger partial charge in [-0.15, -0.1) is 0 Å². The van der Waals surface area contributed by atoms with Gasteiger partial charge in [-0.05, 0) is 42.5 Å². The Morgan fingerprint density at radius 3 is 2.48 bits per heavy atom. The number of anilines is 2. The Kier molecular flexibility index (Phi) is 4.62. The maximum Gasteiger partial charge on any atom is 0.294 e. The molecule has 0 bridgehead atoms. The van der Waals surface area contributed by atoms with Crippen LogP contribution in [0.3, 0.4) is 0 Å². The SMILES string of the molecule is O=[N+]([O-])c1ccccc1NNC(=S)Nc1ccc(F)cc1. The van der Waals surface area contributed by atoms with E-state index >= 15 is 0 Å². The molecule has 3 N–H and O–H groups in total. The van der Waals surface area contributed by atoms with E-state index in [9.17, 15) is 14.5 Å². The molecule has 0 fully saturated rings. The highest BCUT2D eigenvalue weighted by Crippen LogP contribution is 2.22. The summed E-state index contributed by atoms with van der Waals surface area (Å²) in [5.41, 5.74) is 6.09. The Balaban J connectivity index is 1.95. The summed E-state index contributed by atoms with van der Waals surface area (Å²) < 4.78 is 12.8. The summed E-state index contributed by atoms with van der Waals surface area (Å²) in [6, 6.07) is 11.8. The van der Waals surface area contributed by atoms with Gasteiger partial charge in [0.05, 0.1) is 4.92 Å². The number of nitro benzene ring substituents is 1. The Labute approximate surface area is 125 Å². The van der Waals surface area contributed by atoms with Crippen molar-refractivity contribution in [2.75, 3.05) is 10.7 Å². The number of hydrogen-bond acceptors (Lipinski definition) is 4. The van der Waals surface area contributed by atoms with Crippen molar-refractivity contribution < 1.29 is 9.31 Å². The number of halogens is 1. The van der Waals surface area contributed by atoms with E-state index in [2.05, 4.69) is 16.2 Å². The number of thiocarbonyl (C=S) groups is 1. The van der Waals surface area contributed by atoms with Crippen LogP contribution < -0.4 is 16.2 Å². The Hall–Kier alpha value is -2.74. The fourth-order valence-electron chi connectivity index (χ4n) is 1.56. The van der Waals surface area contributed by atoms with E-state index in [1.165, 1.54) is 30.3 Å². The van der Waals surface area contributed by atoms with Crippen molar-refractivity contribution >= 4 is 34.4 Å². The van der Waals surface area contributed by atoms with Gasteiger partial charge in [-0.1, -0.05) is 12.1 Å². The Bertz CT molecular complexity index is 663. The van der Waals surface area contributed by atoms with Crippen molar-refractivity contribution in [1.82, 2.24) is 5.43 Å². The smallest absolute Gasteiger partial charge is 0.294 e. The molecule has 0 spiro atoms. The predicted molar refractivity (Wildman–Crippen MR) is 82.5 cm³/mol. The summed E-state index contributed by atoms with van der Waals surface area (Å²) in [7, 11) is 0. The molecule has 0 saturated heterocycles. The van der Waals surface area contributed by atoms with Gasteiger partial charge in [0.2, 0.25) is 0 Å². The first-order valence-corrected chi connectivity index (χ1v) is 6.29. The van der Waals surface area contributed by atoms with Crippen LogP contribution in [0.2, 0.25) is 0 Å². The van der Waals surface area contributed by atoms with E-state index in [1.807, 2.05) is 0 Å². The number of nitrogens with zero attached hydrogens (tertiary/aromatic N) is 1. The molecule has 21 heavy (non-hydrogen) atoms. The average molecular weight is 306 g/mol. The molecule has 2 aromatic carbocycles.